The standard InChI is InChI=1S/C17H25FN6O2S.HI/c1-4-16-23-22-12-24(16)8-7-20-17(19-2)21-10-14-9-15(18)6-5-13(14)11-27(3,25)26;/h5-6,9,12H,4,7-8,10-11H2,1-3H3,(H2,19,20,21);1H. The monoisotopic (exact) mass is 524 g/mol. The topological polar surface area (TPSA) is 101 Å². The van der Waals surface area contributed by atoms with Crippen molar-refractivity contribution in [3.63, 3.8) is 0 Å². The second-order valence-corrected chi connectivity index (χ2v) is 8.27. The lowest BCUT2D eigenvalue weighted by Crippen LogP contribution is -2.38. The summed E-state index contributed by atoms with van der Waals surface area (Å²) in [4.78, 5) is 4.13. The van der Waals surface area contributed by atoms with Crippen LogP contribution in [0.2, 0.25) is 0 Å². The third-order valence-corrected chi connectivity index (χ3v) is 4.75. The Morgan fingerprint density at radius 2 is 2.04 bits per heavy atom. The Bertz CT molecular complexity index is 901. The fourth-order valence-corrected chi connectivity index (χ4v) is 3.46. The molecule has 11 heteroatoms. The average molecular weight is 524 g/mol. The van der Waals surface area contributed by atoms with Gasteiger partial charge in [0.05, 0.1) is 5.75 Å². The van der Waals surface area contributed by atoms with Gasteiger partial charge in [0.15, 0.2) is 15.8 Å². The van der Waals surface area contributed by atoms with E-state index in [1.807, 2.05) is 11.5 Å². The second kappa shape index (κ2) is 11.3. The zero-order valence-corrected chi connectivity index (χ0v) is 19.3. The number of hydrogen-bond acceptors (Lipinski definition) is 5. The van der Waals surface area contributed by atoms with E-state index in [2.05, 4.69) is 25.8 Å². The van der Waals surface area contributed by atoms with Gasteiger partial charge in [-0.3, -0.25) is 4.99 Å². The Labute approximate surface area is 182 Å². The first kappa shape index (κ1) is 24.3. The number of nitrogens with zero attached hydrogens (tertiary/aromatic N) is 4. The third-order valence-electron chi connectivity index (χ3n) is 3.91. The summed E-state index contributed by atoms with van der Waals surface area (Å²) < 4.78 is 38.7. The highest BCUT2D eigenvalue weighted by Gasteiger charge is 2.11. The summed E-state index contributed by atoms with van der Waals surface area (Å²) in [5.41, 5.74) is 1.15. The maximum atomic E-state index is 13.6. The van der Waals surface area contributed by atoms with Gasteiger partial charge in [-0.05, 0) is 23.3 Å². The molecule has 28 heavy (non-hydrogen) atoms. The molecule has 1 aromatic heterocycles. The second-order valence-electron chi connectivity index (χ2n) is 6.13. The number of benzene rings is 1. The summed E-state index contributed by atoms with van der Waals surface area (Å²) in [5.74, 6) is 0.899. The van der Waals surface area contributed by atoms with E-state index in [4.69, 9.17) is 0 Å². The average Bonchev–Trinajstić information content (AvgIpc) is 3.06. The summed E-state index contributed by atoms with van der Waals surface area (Å²) in [6.07, 6.45) is 3.64. The first-order valence-electron chi connectivity index (χ1n) is 8.58. The SMILES string of the molecule is CCc1nncn1CCNC(=NC)NCc1cc(F)ccc1CS(C)(=O)=O.I. The lowest BCUT2D eigenvalue weighted by molar-refractivity contribution is 0.599. The van der Waals surface area contributed by atoms with E-state index in [0.717, 1.165) is 18.5 Å². The van der Waals surface area contributed by atoms with Crippen LogP contribution in [0.5, 0.6) is 0 Å². The number of sulfone groups is 1. The van der Waals surface area contributed by atoms with E-state index in [9.17, 15) is 12.8 Å². The lowest BCUT2D eigenvalue weighted by Gasteiger charge is -2.14. The highest BCUT2D eigenvalue weighted by Crippen LogP contribution is 2.14. The van der Waals surface area contributed by atoms with Crippen LogP contribution >= 0.6 is 24.0 Å². The number of aryl methyl sites for hydroxylation is 1. The molecule has 156 valence electrons. The molecule has 0 saturated heterocycles. The molecule has 2 N–H and O–H groups in total. The maximum absolute atomic E-state index is 13.6. The molecule has 1 aromatic carbocycles. The molecule has 0 aliphatic carbocycles. The summed E-state index contributed by atoms with van der Waals surface area (Å²) in [7, 11) is -1.58. The highest BCUT2D eigenvalue weighted by molar-refractivity contribution is 14.0. The molecule has 0 spiro atoms. The molecular formula is C17H26FIN6O2S. The van der Waals surface area contributed by atoms with Crippen molar-refractivity contribution < 1.29 is 12.8 Å². The molecular weight excluding hydrogens is 498 g/mol. The molecule has 0 unspecified atom stereocenters. The number of nitrogens with one attached hydrogen (secondary N) is 2. The van der Waals surface area contributed by atoms with E-state index in [0.29, 0.717) is 30.2 Å². The van der Waals surface area contributed by atoms with Gasteiger partial charge in [0.2, 0.25) is 0 Å². The van der Waals surface area contributed by atoms with Gasteiger partial charge in [-0.25, -0.2) is 12.8 Å². The van der Waals surface area contributed by atoms with Gasteiger partial charge in [-0.1, -0.05) is 13.0 Å². The van der Waals surface area contributed by atoms with E-state index in [1.54, 1.807) is 13.4 Å². The fourth-order valence-electron chi connectivity index (χ4n) is 2.62. The number of rotatable bonds is 8. The van der Waals surface area contributed by atoms with E-state index in [1.165, 1.54) is 18.2 Å². The van der Waals surface area contributed by atoms with Crippen molar-refractivity contribution in [3.05, 3.63) is 47.3 Å². The van der Waals surface area contributed by atoms with Crippen molar-refractivity contribution >= 4 is 39.8 Å². The zero-order valence-electron chi connectivity index (χ0n) is 16.1. The van der Waals surface area contributed by atoms with Crippen LogP contribution in [0.15, 0.2) is 29.5 Å². The van der Waals surface area contributed by atoms with Crippen molar-refractivity contribution in [1.82, 2.24) is 25.4 Å². The van der Waals surface area contributed by atoms with Crippen molar-refractivity contribution in [1.29, 1.82) is 0 Å². The molecule has 0 fully saturated rings. The normalized spacial score (nSPS) is 11.8. The molecule has 0 bridgehead atoms. The smallest absolute Gasteiger partial charge is 0.191 e. The van der Waals surface area contributed by atoms with Gasteiger partial charge in [0, 0.05) is 39.4 Å². The minimum atomic E-state index is -3.21. The van der Waals surface area contributed by atoms with Crippen molar-refractivity contribution in [3.8, 4) is 0 Å². The lowest BCUT2D eigenvalue weighted by atomic mass is 10.1. The summed E-state index contributed by atoms with van der Waals surface area (Å²) >= 11 is 0. The zero-order chi connectivity index (χ0) is 19.9. The fraction of sp³-hybridized carbons (Fsp3) is 0.471. The van der Waals surface area contributed by atoms with Gasteiger partial charge in [-0.15, -0.1) is 34.2 Å². The van der Waals surface area contributed by atoms with Gasteiger partial charge < -0.3 is 15.2 Å². The molecule has 2 aromatic rings. The Kier molecular flexibility index (Phi) is 9.79. The number of guanidine groups is 1. The van der Waals surface area contributed by atoms with E-state index >= 15 is 0 Å². The minimum absolute atomic E-state index is 0. The first-order chi connectivity index (χ1) is 12.8. The number of halogens is 2. The molecule has 0 aliphatic rings. The van der Waals surface area contributed by atoms with Crippen LogP contribution in [0.25, 0.3) is 0 Å². The number of aliphatic imine (C=N–C) groups is 1. The summed E-state index contributed by atoms with van der Waals surface area (Å²) in [6, 6.07) is 4.11. The van der Waals surface area contributed by atoms with Gasteiger partial charge in [-0.2, -0.15) is 0 Å². The van der Waals surface area contributed by atoms with Crippen LogP contribution in [-0.2, 0) is 35.1 Å². The maximum Gasteiger partial charge on any atom is 0.191 e. The van der Waals surface area contributed by atoms with Crippen LogP contribution in [0.1, 0.15) is 23.9 Å². The van der Waals surface area contributed by atoms with Crippen LogP contribution in [0.4, 0.5) is 4.39 Å². The molecule has 8 nitrogen and oxygen atoms in total. The van der Waals surface area contributed by atoms with Crippen molar-refractivity contribution in [2.24, 2.45) is 4.99 Å². The van der Waals surface area contributed by atoms with Gasteiger partial charge in [0.25, 0.3) is 0 Å². The molecule has 1 heterocycles. The molecule has 0 saturated carbocycles. The Morgan fingerprint density at radius 1 is 1.29 bits per heavy atom. The van der Waals surface area contributed by atoms with Gasteiger partial charge >= 0.3 is 0 Å². The summed E-state index contributed by atoms with van der Waals surface area (Å²) in [6.45, 7) is 3.55. The molecule has 2 rings (SSSR count). The first-order valence-corrected chi connectivity index (χ1v) is 10.6. The molecule has 0 radical (unpaired) electrons. The van der Waals surface area contributed by atoms with Crippen LogP contribution < -0.4 is 10.6 Å². The Morgan fingerprint density at radius 3 is 2.68 bits per heavy atom. The molecule has 0 aliphatic heterocycles. The number of aromatic nitrogens is 3. The highest BCUT2D eigenvalue weighted by atomic mass is 127. The Balaban J connectivity index is 0.00000392. The van der Waals surface area contributed by atoms with Crippen molar-refractivity contribution in [2.75, 3.05) is 19.8 Å². The van der Waals surface area contributed by atoms with Crippen LogP contribution in [0, 0.1) is 5.82 Å². The largest absolute Gasteiger partial charge is 0.355 e. The van der Waals surface area contributed by atoms with Crippen LogP contribution in [0.3, 0.4) is 0 Å². The van der Waals surface area contributed by atoms with Crippen LogP contribution in [-0.4, -0.2) is 49.0 Å². The molecule has 0 atom stereocenters. The minimum Gasteiger partial charge on any atom is -0.355 e. The third kappa shape index (κ3) is 7.70. The Hall–Kier alpha value is -1.76. The quantitative estimate of drug-likeness (QED) is 0.309. The summed E-state index contributed by atoms with van der Waals surface area (Å²) in [5, 5.41) is 14.2. The van der Waals surface area contributed by atoms with Gasteiger partial charge in [0.1, 0.15) is 18.0 Å². The predicted octanol–water partition coefficient (Wildman–Crippen LogP) is 1.51. The number of hydrogen-bond donors (Lipinski definition) is 2. The predicted molar refractivity (Wildman–Crippen MR) is 118 cm³/mol. The molecule has 0 amide bonds. The van der Waals surface area contributed by atoms with E-state index < -0.39 is 15.7 Å². The van der Waals surface area contributed by atoms with E-state index in [-0.39, 0.29) is 36.3 Å². The van der Waals surface area contributed by atoms with Crippen molar-refractivity contribution in [2.45, 2.75) is 32.2 Å².